The largest absolute Gasteiger partial charge is 0.392 e. The molecule has 5 nitrogen and oxygen atoms in total. The van der Waals surface area contributed by atoms with Gasteiger partial charge in [-0.3, -0.25) is 9.59 Å². The highest BCUT2D eigenvalue weighted by Gasteiger charge is 2.10. The molecule has 0 aliphatic rings. The van der Waals surface area contributed by atoms with Crippen LogP contribution in [-0.4, -0.2) is 16.0 Å². The van der Waals surface area contributed by atoms with Gasteiger partial charge in [-0.2, -0.15) is 0 Å². The van der Waals surface area contributed by atoms with Gasteiger partial charge < -0.3 is 15.4 Å². The molecule has 0 saturated heterocycles. The average Bonchev–Trinajstić information content (AvgIpc) is 2.45. The molecule has 1 aromatic heterocycles. The first-order valence-electron chi connectivity index (χ1n) is 6.27. The number of aliphatic hydroxyl groups is 1. The van der Waals surface area contributed by atoms with Crippen molar-refractivity contribution < 1.29 is 9.90 Å². The highest BCUT2D eigenvalue weighted by Crippen LogP contribution is 2.09. The van der Waals surface area contributed by atoms with E-state index >= 15 is 0 Å². The fourth-order valence-corrected chi connectivity index (χ4v) is 1.97. The first kappa shape index (κ1) is 14.0. The van der Waals surface area contributed by atoms with Gasteiger partial charge in [-0.1, -0.05) is 24.3 Å². The van der Waals surface area contributed by atoms with E-state index in [-0.39, 0.29) is 18.1 Å². The molecule has 0 unspecified atom stereocenters. The first-order chi connectivity index (χ1) is 9.61. The second-order valence-corrected chi connectivity index (χ2v) is 4.50. The van der Waals surface area contributed by atoms with Gasteiger partial charge in [-0.25, -0.2) is 0 Å². The van der Waals surface area contributed by atoms with Crippen LogP contribution in [0, 0.1) is 6.92 Å². The lowest BCUT2D eigenvalue weighted by Gasteiger charge is -2.10. The van der Waals surface area contributed by atoms with Gasteiger partial charge in [0.2, 0.25) is 5.56 Å². The third-order valence-corrected chi connectivity index (χ3v) is 3.10. The van der Waals surface area contributed by atoms with E-state index in [0.717, 1.165) is 11.1 Å². The van der Waals surface area contributed by atoms with Crippen LogP contribution in [0.15, 0.2) is 41.3 Å². The molecule has 1 amide bonds. The van der Waals surface area contributed by atoms with Crippen molar-refractivity contribution in [2.75, 3.05) is 0 Å². The van der Waals surface area contributed by atoms with Crippen LogP contribution < -0.4 is 10.9 Å². The van der Waals surface area contributed by atoms with Crippen LogP contribution in [0.5, 0.6) is 0 Å². The second kappa shape index (κ2) is 6.16. The van der Waals surface area contributed by atoms with E-state index in [0.29, 0.717) is 17.7 Å². The smallest absolute Gasteiger partial charge is 0.253 e. The molecule has 0 atom stereocenters. The topological polar surface area (TPSA) is 82.2 Å². The SMILES string of the molecule is Cc1cc(=O)[nH]cc1C(=O)NCc1ccccc1CO. The maximum Gasteiger partial charge on any atom is 0.253 e. The van der Waals surface area contributed by atoms with Gasteiger partial charge in [0, 0.05) is 18.8 Å². The maximum absolute atomic E-state index is 12.1. The molecule has 20 heavy (non-hydrogen) atoms. The monoisotopic (exact) mass is 272 g/mol. The number of hydrogen-bond acceptors (Lipinski definition) is 3. The number of hydrogen-bond donors (Lipinski definition) is 3. The number of aryl methyl sites for hydroxylation is 1. The van der Waals surface area contributed by atoms with Gasteiger partial charge >= 0.3 is 0 Å². The van der Waals surface area contributed by atoms with Crippen molar-refractivity contribution in [3.63, 3.8) is 0 Å². The number of aromatic nitrogens is 1. The molecule has 1 heterocycles. The van der Waals surface area contributed by atoms with E-state index in [1.54, 1.807) is 6.92 Å². The summed E-state index contributed by atoms with van der Waals surface area (Å²) in [6.45, 7) is 1.98. The van der Waals surface area contributed by atoms with Crippen LogP contribution in [0.4, 0.5) is 0 Å². The lowest BCUT2D eigenvalue weighted by atomic mass is 10.1. The minimum atomic E-state index is -0.258. The molecule has 1 aromatic carbocycles. The standard InChI is InChI=1S/C15H16N2O3/c1-10-6-14(19)16-8-13(10)15(20)17-7-11-4-2-3-5-12(11)9-18/h2-6,8,18H,7,9H2,1H3,(H,16,19)(H,17,20). The highest BCUT2D eigenvalue weighted by atomic mass is 16.3. The molecule has 0 aliphatic heterocycles. The predicted octanol–water partition coefficient (Wildman–Crippen LogP) is 1.11. The van der Waals surface area contributed by atoms with Crippen LogP contribution in [-0.2, 0) is 13.2 Å². The zero-order valence-corrected chi connectivity index (χ0v) is 11.1. The van der Waals surface area contributed by atoms with Crippen molar-refractivity contribution in [1.29, 1.82) is 0 Å². The normalized spacial score (nSPS) is 10.3. The molecule has 0 fully saturated rings. The molecule has 0 radical (unpaired) electrons. The maximum atomic E-state index is 12.1. The zero-order valence-electron chi connectivity index (χ0n) is 11.1. The number of carbonyl (C=O) groups excluding carboxylic acids is 1. The summed E-state index contributed by atoms with van der Waals surface area (Å²) in [4.78, 5) is 25.7. The Morgan fingerprint density at radius 1 is 1.30 bits per heavy atom. The van der Waals surface area contributed by atoms with Crippen molar-refractivity contribution in [3.8, 4) is 0 Å². The molecular weight excluding hydrogens is 256 g/mol. The number of H-pyrrole nitrogens is 1. The quantitative estimate of drug-likeness (QED) is 0.779. The Labute approximate surface area is 116 Å². The van der Waals surface area contributed by atoms with Crippen molar-refractivity contribution in [2.24, 2.45) is 0 Å². The number of nitrogens with one attached hydrogen (secondary N) is 2. The van der Waals surface area contributed by atoms with E-state index in [1.165, 1.54) is 12.3 Å². The Kier molecular flexibility index (Phi) is 4.32. The Morgan fingerprint density at radius 3 is 2.65 bits per heavy atom. The van der Waals surface area contributed by atoms with Crippen LogP contribution in [0.2, 0.25) is 0 Å². The molecule has 104 valence electrons. The highest BCUT2D eigenvalue weighted by molar-refractivity contribution is 5.95. The lowest BCUT2D eigenvalue weighted by molar-refractivity contribution is 0.0949. The lowest BCUT2D eigenvalue weighted by Crippen LogP contribution is -2.25. The summed E-state index contributed by atoms with van der Waals surface area (Å²) in [6, 6.07) is 8.74. The molecule has 2 rings (SSSR count). The molecule has 0 aliphatic carbocycles. The molecule has 0 spiro atoms. The Hall–Kier alpha value is -2.40. The summed E-state index contributed by atoms with van der Waals surface area (Å²) >= 11 is 0. The summed E-state index contributed by atoms with van der Waals surface area (Å²) in [5.41, 5.74) is 2.48. The minimum Gasteiger partial charge on any atom is -0.392 e. The summed E-state index contributed by atoms with van der Waals surface area (Å²) in [5.74, 6) is -0.258. The van der Waals surface area contributed by atoms with Gasteiger partial charge in [-0.15, -0.1) is 0 Å². The van der Waals surface area contributed by atoms with Crippen LogP contribution in [0.25, 0.3) is 0 Å². The molecule has 3 N–H and O–H groups in total. The average molecular weight is 272 g/mol. The van der Waals surface area contributed by atoms with E-state index in [4.69, 9.17) is 0 Å². The van der Waals surface area contributed by atoms with E-state index < -0.39 is 0 Å². The molecule has 2 aromatic rings. The number of rotatable bonds is 4. The number of aliphatic hydroxyl groups excluding tert-OH is 1. The van der Waals surface area contributed by atoms with Crippen molar-refractivity contribution in [2.45, 2.75) is 20.1 Å². The summed E-state index contributed by atoms with van der Waals surface area (Å²) in [6.07, 6.45) is 1.41. The number of pyridine rings is 1. The van der Waals surface area contributed by atoms with Gasteiger partial charge in [0.05, 0.1) is 12.2 Å². The number of amides is 1. The first-order valence-corrected chi connectivity index (χ1v) is 6.27. The molecule has 5 heteroatoms. The van der Waals surface area contributed by atoms with Crippen LogP contribution >= 0.6 is 0 Å². The van der Waals surface area contributed by atoms with E-state index in [1.807, 2.05) is 24.3 Å². The van der Waals surface area contributed by atoms with Gasteiger partial charge in [-0.05, 0) is 23.6 Å². The third-order valence-electron chi connectivity index (χ3n) is 3.10. The minimum absolute atomic E-state index is 0.0657. The summed E-state index contributed by atoms with van der Waals surface area (Å²) in [7, 11) is 0. The van der Waals surface area contributed by atoms with Crippen molar-refractivity contribution >= 4 is 5.91 Å². The molecule has 0 bridgehead atoms. The van der Waals surface area contributed by atoms with E-state index in [9.17, 15) is 14.7 Å². The second-order valence-electron chi connectivity index (χ2n) is 4.50. The van der Waals surface area contributed by atoms with Gasteiger partial charge in [0.15, 0.2) is 0 Å². The van der Waals surface area contributed by atoms with Gasteiger partial charge in [0.1, 0.15) is 0 Å². The third kappa shape index (κ3) is 3.13. The van der Waals surface area contributed by atoms with E-state index in [2.05, 4.69) is 10.3 Å². The number of aromatic amines is 1. The number of benzene rings is 1. The Balaban J connectivity index is 2.10. The van der Waals surface area contributed by atoms with Gasteiger partial charge in [0.25, 0.3) is 5.91 Å². The van der Waals surface area contributed by atoms with Crippen LogP contribution in [0.3, 0.4) is 0 Å². The summed E-state index contributed by atoms with van der Waals surface area (Å²) < 4.78 is 0. The fraction of sp³-hybridized carbons (Fsp3) is 0.200. The fourth-order valence-electron chi connectivity index (χ4n) is 1.97. The summed E-state index contributed by atoms with van der Waals surface area (Å²) in [5, 5.41) is 12.0. The predicted molar refractivity (Wildman–Crippen MR) is 75.3 cm³/mol. The Morgan fingerprint density at radius 2 is 2.00 bits per heavy atom. The van der Waals surface area contributed by atoms with Crippen molar-refractivity contribution in [3.05, 3.63) is 69.1 Å². The molecular formula is C15H16N2O3. The van der Waals surface area contributed by atoms with Crippen LogP contribution in [0.1, 0.15) is 27.0 Å². The zero-order chi connectivity index (χ0) is 14.5. The Bertz CT molecular complexity index is 677. The molecule has 0 saturated carbocycles. The van der Waals surface area contributed by atoms with Crippen molar-refractivity contribution in [1.82, 2.24) is 10.3 Å². The number of carbonyl (C=O) groups is 1.